The van der Waals surface area contributed by atoms with Crippen LogP contribution in [-0.2, 0) is 4.57 Å². The first-order chi connectivity index (χ1) is 7.39. The third-order valence-corrected chi connectivity index (χ3v) is 9.48. The standard InChI is InChI=1S/C11H12BrClFOP/c1-11(14)9(12)7-16(15,10(11)13)8-5-3-2-4-6-8/h2-6,9-10H,7H2,1H3. The number of alkyl halides is 3. The van der Waals surface area contributed by atoms with E-state index < -0.39 is 22.8 Å². The molecule has 1 heterocycles. The van der Waals surface area contributed by atoms with Crippen LogP contribution < -0.4 is 5.30 Å². The van der Waals surface area contributed by atoms with Gasteiger partial charge in [0.05, 0.1) is 4.83 Å². The lowest BCUT2D eigenvalue weighted by molar-refractivity contribution is 0.224. The molecule has 0 aromatic heterocycles. The van der Waals surface area contributed by atoms with Gasteiger partial charge in [0.15, 0.2) is 0 Å². The molecule has 0 saturated carbocycles. The van der Waals surface area contributed by atoms with Crippen molar-refractivity contribution in [3.63, 3.8) is 0 Å². The normalized spacial score (nSPS) is 43.5. The summed E-state index contributed by atoms with van der Waals surface area (Å²) in [7, 11) is -2.85. The van der Waals surface area contributed by atoms with Gasteiger partial charge < -0.3 is 4.57 Å². The maximum Gasteiger partial charge on any atom is 0.144 e. The molecule has 1 nitrogen and oxygen atoms in total. The summed E-state index contributed by atoms with van der Waals surface area (Å²) in [5, 5.41) is -0.285. The molecule has 4 unspecified atom stereocenters. The van der Waals surface area contributed by atoms with Gasteiger partial charge in [-0.1, -0.05) is 46.3 Å². The van der Waals surface area contributed by atoms with E-state index in [1.807, 2.05) is 6.07 Å². The van der Waals surface area contributed by atoms with Crippen molar-refractivity contribution < 1.29 is 8.96 Å². The maximum absolute atomic E-state index is 14.2. The molecule has 0 radical (unpaired) electrons. The number of hydrogen-bond donors (Lipinski definition) is 0. The Kier molecular flexibility index (Phi) is 3.24. The first kappa shape index (κ1) is 12.6. The van der Waals surface area contributed by atoms with Crippen LogP contribution in [0.25, 0.3) is 0 Å². The zero-order valence-corrected chi connectivity index (χ0v) is 12.0. The first-order valence-corrected chi connectivity index (χ1v) is 8.32. The summed E-state index contributed by atoms with van der Waals surface area (Å²) in [6, 6.07) is 8.97. The van der Waals surface area contributed by atoms with Crippen molar-refractivity contribution in [1.82, 2.24) is 0 Å². The van der Waals surface area contributed by atoms with E-state index in [4.69, 9.17) is 11.6 Å². The monoisotopic (exact) mass is 324 g/mol. The molecule has 1 fully saturated rings. The Labute approximate surface area is 108 Å². The summed E-state index contributed by atoms with van der Waals surface area (Å²) in [4.78, 5) is -0.450. The number of hydrogen-bond acceptors (Lipinski definition) is 1. The highest BCUT2D eigenvalue weighted by Crippen LogP contribution is 2.64. The van der Waals surface area contributed by atoms with E-state index in [-0.39, 0.29) is 6.16 Å². The van der Waals surface area contributed by atoms with Crippen molar-refractivity contribution in [3.05, 3.63) is 30.3 Å². The molecule has 0 N–H and O–H groups in total. The largest absolute Gasteiger partial charge is 0.317 e. The lowest BCUT2D eigenvalue weighted by atomic mass is 10.1. The van der Waals surface area contributed by atoms with Crippen LogP contribution in [0.5, 0.6) is 0 Å². The molecule has 0 aliphatic carbocycles. The molecule has 88 valence electrons. The molecular formula is C11H12BrClFOP. The molecule has 0 amide bonds. The zero-order valence-electron chi connectivity index (χ0n) is 8.74. The Balaban J connectivity index is 2.47. The predicted molar refractivity (Wildman–Crippen MR) is 70.4 cm³/mol. The molecule has 1 aliphatic rings. The molecule has 1 aromatic carbocycles. The van der Waals surface area contributed by atoms with E-state index in [9.17, 15) is 8.96 Å². The summed E-state index contributed by atoms with van der Waals surface area (Å²) in [6.45, 7) is 1.41. The second kappa shape index (κ2) is 4.12. The van der Waals surface area contributed by atoms with Gasteiger partial charge in [0.25, 0.3) is 0 Å². The van der Waals surface area contributed by atoms with Crippen LogP contribution >= 0.6 is 34.7 Å². The summed E-state index contributed by atoms with van der Waals surface area (Å²) in [5.41, 5.74) is -1.63. The predicted octanol–water partition coefficient (Wildman–Crippen LogP) is 3.75. The summed E-state index contributed by atoms with van der Waals surface area (Å²) < 4.78 is 27.0. The highest BCUT2D eigenvalue weighted by Gasteiger charge is 2.58. The van der Waals surface area contributed by atoms with Gasteiger partial charge in [-0.2, -0.15) is 0 Å². The summed E-state index contributed by atoms with van der Waals surface area (Å²) >= 11 is 9.31. The molecular weight excluding hydrogens is 313 g/mol. The molecule has 16 heavy (non-hydrogen) atoms. The van der Waals surface area contributed by atoms with E-state index in [1.165, 1.54) is 6.92 Å². The molecule has 4 atom stereocenters. The van der Waals surface area contributed by atoms with Crippen LogP contribution in [-0.4, -0.2) is 21.8 Å². The minimum atomic E-state index is -2.85. The van der Waals surface area contributed by atoms with Gasteiger partial charge in [0.2, 0.25) is 0 Å². The average Bonchev–Trinajstić information content (AvgIpc) is 2.42. The average molecular weight is 326 g/mol. The van der Waals surface area contributed by atoms with E-state index in [1.54, 1.807) is 24.3 Å². The van der Waals surface area contributed by atoms with Gasteiger partial charge in [0.1, 0.15) is 17.9 Å². The van der Waals surface area contributed by atoms with E-state index >= 15 is 0 Å². The van der Waals surface area contributed by atoms with Crippen molar-refractivity contribution in [1.29, 1.82) is 0 Å². The Morgan fingerprint density at radius 3 is 2.50 bits per heavy atom. The van der Waals surface area contributed by atoms with Gasteiger partial charge in [-0.15, -0.1) is 11.6 Å². The highest BCUT2D eigenvalue weighted by atomic mass is 79.9. The topological polar surface area (TPSA) is 17.1 Å². The first-order valence-electron chi connectivity index (χ1n) is 5.00. The van der Waals surface area contributed by atoms with E-state index in [0.717, 1.165) is 0 Å². The molecule has 5 heteroatoms. The number of rotatable bonds is 1. The fraction of sp³-hybridized carbons (Fsp3) is 0.455. The smallest absolute Gasteiger partial charge is 0.144 e. The van der Waals surface area contributed by atoms with Crippen LogP contribution in [0.2, 0.25) is 0 Å². The van der Waals surface area contributed by atoms with Gasteiger partial charge in [-0.25, -0.2) is 4.39 Å². The third-order valence-electron chi connectivity index (χ3n) is 3.07. The molecule has 0 spiro atoms. The SMILES string of the molecule is CC1(F)C(Br)CP(=O)(c2ccccc2)C1Cl. The fourth-order valence-electron chi connectivity index (χ4n) is 1.98. The van der Waals surface area contributed by atoms with Crippen LogP contribution in [0.15, 0.2) is 30.3 Å². The molecule has 2 rings (SSSR count). The Morgan fingerprint density at radius 1 is 1.50 bits per heavy atom. The molecule has 1 saturated heterocycles. The van der Waals surface area contributed by atoms with Crippen LogP contribution in [0.1, 0.15) is 6.92 Å². The number of benzene rings is 1. The quantitative estimate of drug-likeness (QED) is 0.568. The second-order valence-electron chi connectivity index (χ2n) is 4.27. The molecule has 0 bridgehead atoms. The summed E-state index contributed by atoms with van der Waals surface area (Å²) in [6.07, 6.45) is 0.276. The van der Waals surface area contributed by atoms with E-state index in [2.05, 4.69) is 15.9 Å². The lowest BCUT2D eigenvalue weighted by Gasteiger charge is -2.22. The highest BCUT2D eigenvalue weighted by molar-refractivity contribution is 9.09. The van der Waals surface area contributed by atoms with Crippen LogP contribution in [0, 0.1) is 0 Å². The Bertz CT molecular complexity index is 437. The van der Waals surface area contributed by atoms with Crippen molar-refractivity contribution in [2.45, 2.75) is 22.5 Å². The molecule has 1 aliphatic heterocycles. The van der Waals surface area contributed by atoms with Crippen molar-refractivity contribution in [2.24, 2.45) is 0 Å². The van der Waals surface area contributed by atoms with Crippen molar-refractivity contribution >= 4 is 40.0 Å². The zero-order chi connectivity index (χ0) is 12.0. The minimum absolute atomic E-state index is 0.276. The van der Waals surface area contributed by atoms with Crippen LogP contribution in [0.3, 0.4) is 0 Å². The van der Waals surface area contributed by atoms with Gasteiger partial charge in [-0.05, 0) is 6.92 Å². The Morgan fingerprint density at radius 2 is 2.06 bits per heavy atom. The number of halogens is 3. The van der Waals surface area contributed by atoms with E-state index in [0.29, 0.717) is 5.30 Å². The summed E-state index contributed by atoms with van der Waals surface area (Å²) in [5.74, 6) is 0. The van der Waals surface area contributed by atoms with Gasteiger partial charge in [0, 0.05) is 11.5 Å². The minimum Gasteiger partial charge on any atom is -0.317 e. The van der Waals surface area contributed by atoms with Crippen molar-refractivity contribution in [2.75, 3.05) is 6.16 Å². The van der Waals surface area contributed by atoms with Gasteiger partial charge >= 0.3 is 0 Å². The van der Waals surface area contributed by atoms with Crippen LogP contribution in [0.4, 0.5) is 4.39 Å². The lowest BCUT2D eigenvalue weighted by Crippen LogP contribution is -2.33. The van der Waals surface area contributed by atoms with Gasteiger partial charge in [-0.3, -0.25) is 0 Å². The van der Waals surface area contributed by atoms with Crippen molar-refractivity contribution in [3.8, 4) is 0 Å². The fourth-order valence-corrected chi connectivity index (χ4v) is 7.79. The second-order valence-corrected chi connectivity index (χ2v) is 9.10. The molecule has 1 aromatic rings. The maximum atomic E-state index is 14.2. The Hall–Kier alpha value is 0.150. The third kappa shape index (κ3) is 1.77.